The van der Waals surface area contributed by atoms with Gasteiger partial charge in [-0.1, -0.05) is 0 Å². The highest BCUT2D eigenvalue weighted by atomic mass is 32.1. The molecule has 2 aromatic heterocycles. The van der Waals surface area contributed by atoms with Gasteiger partial charge in [0.1, 0.15) is 0 Å². The maximum Gasteiger partial charge on any atom is 0.254 e. The minimum Gasteiger partial charge on any atom is -0.481 e. The first-order valence-corrected chi connectivity index (χ1v) is 9.57. The highest BCUT2D eigenvalue weighted by molar-refractivity contribution is 7.07. The van der Waals surface area contributed by atoms with Crippen molar-refractivity contribution < 1.29 is 9.53 Å². The summed E-state index contributed by atoms with van der Waals surface area (Å²) in [5.74, 6) is 1.10. The molecular weight excluding hydrogens is 336 g/mol. The zero-order chi connectivity index (χ0) is 17.2. The summed E-state index contributed by atoms with van der Waals surface area (Å²) in [5.41, 5.74) is 3.67. The van der Waals surface area contributed by atoms with Gasteiger partial charge in [-0.15, -0.1) is 11.3 Å². The molecule has 3 aliphatic rings. The van der Waals surface area contributed by atoms with E-state index in [0.717, 1.165) is 38.3 Å². The molecule has 3 aliphatic heterocycles. The van der Waals surface area contributed by atoms with Crippen LogP contribution in [0.3, 0.4) is 0 Å². The summed E-state index contributed by atoms with van der Waals surface area (Å²) < 4.78 is 5.16. The van der Waals surface area contributed by atoms with Crippen LogP contribution >= 0.6 is 11.3 Å². The van der Waals surface area contributed by atoms with Gasteiger partial charge in [-0.2, -0.15) is 0 Å². The number of thiazole rings is 1. The summed E-state index contributed by atoms with van der Waals surface area (Å²) in [5, 5.41) is 2.11. The molecule has 2 atom stereocenters. The predicted molar refractivity (Wildman–Crippen MR) is 95.7 cm³/mol. The molecule has 25 heavy (non-hydrogen) atoms. The highest BCUT2D eigenvalue weighted by Gasteiger charge is 2.37. The Morgan fingerprint density at radius 2 is 2.24 bits per heavy atom. The first-order chi connectivity index (χ1) is 12.2. The van der Waals surface area contributed by atoms with Crippen molar-refractivity contribution in [3.8, 4) is 5.88 Å². The van der Waals surface area contributed by atoms with Gasteiger partial charge < -0.3 is 9.64 Å². The number of carbonyl (C=O) groups is 1. The van der Waals surface area contributed by atoms with Crippen LogP contribution in [0.5, 0.6) is 5.88 Å². The molecular formula is C18H22N4O2S. The van der Waals surface area contributed by atoms with Gasteiger partial charge in [0.15, 0.2) is 0 Å². The lowest BCUT2D eigenvalue weighted by atomic mass is 9.94. The third-order valence-corrected chi connectivity index (χ3v) is 5.75. The minimum atomic E-state index is 0.0888. The highest BCUT2D eigenvalue weighted by Crippen LogP contribution is 2.30. The van der Waals surface area contributed by atoms with E-state index in [1.165, 1.54) is 6.42 Å². The first kappa shape index (κ1) is 16.5. The molecule has 6 nitrogen and oxygen atoms in total. The third-order valence-electron chi connectivity index (χ3n) is 5.11. The van der Waals surface area contributed by atoms with E-state index >= 15 is 0 Å². The largest absolute Gasteiger partial charge is 0.481 e. The van der Waals surface area contributed by atoms with E-state index in [9.17, 15) is 4.79 Å². The monoisotopic (exact) mass is 358 g/mol. The number of aromatic nitrogens is 2. The zero-order valence-corrected chi connectivity index (χ0v) is 15.1. The molecule has 5 heterocycles. The summed E-state index contributed by atoms with van der Waals surface area (Å²) in [6.07, 6.45) is 3.91. The van der Waals surface area contributed by atoms with Crippen LogP contribution in [0, 0.1) is 5.92 Å². The molecule has 7 heteroatoms. The fourth-order valence-electron chi connectivity index (χ4n) is 3.92. The van der Waals surface area contributed by atoms with Gasteiger partial charge in [0, 0.05) is 55.4 Å². The molecule has 0 unspecified atom stereocenters. The number of ether oxygens (including phenoxy) is 1. The number of rotatable bonds is 4. The van der Waals surface area contributed by atoms with Crippen molar-refractivity contribution in [2.45, 2.75) is 25.4 Å². The number of fused-ring (bicyclic) bond motifs is 4. The Morgan fingerprint density at radius 3 is 3.04 bits per heavy atom. The average molecular weight is 358 g/mol. The summed E-state index contributed by atoms with van der Waals surface area (Å²) in [6.45, 7) is 3.67. The lowest BCUT2D eigenvalue weighted by Gasteiger charge is -2.36. The van der Waals surface area contributed by atoms with Gasteiger partial charge in [0.2, 0.25) is 5.88 Å². The first-order valence-electron chi connectivity index (χ1n) is 8.63. The standard InChI is InChI=1S/C18H22N4O2S/c1-24-17-6-14(4-5-19-17)18(23)22-8-13-2-3-16(22)10-21(7-13)9-15-11-25-12-20-15/h4-6,11-13,16H,2-3,7-10H2,1H3/t13-,16+/m1/s1. The molecule has 2 bridgehead atoms. The van der Waals surface area contributed by atoms with E-state index in [2.05, 4.69) is 25.1 Å². The third kappa shape index (κ3) is 3.52. The second kappa shape index (κ2) is 7.09. The molecule has 132 valence electrons. The van der Waals surface area contributed by atoms with E-state index in [4.69, 9.17) is 4.74 Å². The number of amides is 1. The smallest absolute Gasteiger partial charge is 0.254 e. The zero-order valence-electron chi connectivity index (χ0n) is 14.3. The molecule has 5 rings (SSSR count). The lowest BCUT2D eigenvalue weighted by Crippen LogP contribution is -2.47. The number of carbonyl (C=O) groups excluding carboxylic acids is 1. The molecule has 3 fully saturated rings. The lowest BCUT2D eigenvalue weighted by molar-refractivity contribution is 0.0584. The van der Waals surface area contributed by atoms with E-state index in [1.807, 2.05) is 5.51 Å². The molecule has 0 aliphatic carbocycles. The molecule has 0 spiro atoms. The summed E-state index contributed by atoms with van der Waals surface area (Å²) in [7, 11) is 1.57. The molecule has 3 saturated heterocycles. The Balaban J connectivity index is 1.50. The number of piperidine rings is 1. The Bertz CT molecular complexity index is 736. The molecule has 0 radical (unpaired) electrons. The van der Waals surface area contributed by atoms with Crippen molar-refractivity contribution in [3.05, 3.63) is 40.5 Å². The number of methoxy groups -OCH3 is 1. The molecule has 1 amide bonds. The van der Waals surface area contributed by atoms with Crippen LogP contribution in [0.25, 0.3) is 0 Å². The topological polar surface area (TPSA) is 58.6 Å². The Labute approximate surface area is 151 Å². The van der Waals surface area contributed by atoms with Gasteiger partial charge in [0.05, 0.1) is 18.3 Å². The fraction of sp³-hybridized carbons (Fsp3) is 0.500. The molecule has 0 saturated carbocycles. The maximum atomic E-state index is 13.0. The Kier molecular flexibility index (Phi) is 4.67. The SMILES string of the molecule is COc1cc(C(=O)N2C[C@@H]3CC[C@H]2CN(Cc2cscn2)C3)ccn1. The second-order valence-electron chi connectivity index (χ2n) is 6.82. The van der Waals surface area contributed by atoms with Crippen LogP contribution in [-0.4, -0.2) is 58.5 Å². The van der Waals surface area contributed by atoms with Crippen molar-refractivity contribution >= 4 is 17.2 Å². The number of pyridine rings is 1. The van der Waals surface area contributed by atoms with Crippen LogP contribution in [0.4, 0.5) is 0 Å². The van der Waals surface area contributed by atoms with Crippen LogP contribution < -0.4 is 4.74 Å². The van der Waals surface area contributed by atoms with Gasteiger partial charge in [-0.05, 0) is 24.8 Å². The van der Waals surface area contributed by atoms with E-state index in [-0.39, 0.29) is 11.9 Å². The number of hydrogen-bond acceptors (Lipinski definition) is 6. The van der Waals surface area contributed by atoms with Crippen molar-refractivity contribution in [3.63, 3.8) is 0 Å². The van der Waals surface area contributed by atoms with Crippen molar-refractivity contribution in [2.24, 2.45) is 5.92 Å². The van der Waals surface area contributed by atoms with Crippen molar-refractivity contribution in [1.82, 2.24) is 19.8 Å². The van der Waals surface area contributed by atoms with E-state index in [0.29, 0.717) is 17.4 Å². The summed E-state index contributed by atoms with van der Waals surface area (Å²) in [4.78, 5) is 26.1. The van der Waals surface area contributed by atoms with Crippen LogP contribution in [0.15, 0.2) is 29.2 Å². The fourth-order valence-corrected chi connectivity index (χ4v) is 4.47. The van der Waals surface area contributed by atoms with Crippen LogP contribution in [0.2, 0.25) is 0 Å². The molecule has 2 aromatic rings. The summed E-state index contributed by atoms with van der Waals surface area (Å²) in [6, 6.07) is 3.77. The average Bonchev–Trinajstić information content (AvgIpc) is 3.00. The normalized spacial score (nSPS) is 23.5. The quantitative estimate of drug-likeness (QED) is 0.839. The number of hydrogen-bond donors (Lipinski definition) is 0. The summed E-state index contributed by atoms with van der Waals surface area (Å²) >= 11 is 1.64. The molecule has 0 N–H and O–H groups in total. The van der Waals surface area contributed by atoms with Crippen molar-refractivity contribution in [1.29, 1.82) is 0 Å². The van der Waals surface area contributed by atoms with Gasteiger partial charge >= 0.3 is 0 Å². The second-order valence-corrected chi connectivity index (χ2v) is 7.53. The van der Waals surface area contributed by atoms with Crippen molar-refractivity contribution in [2.75, 3.05) is 26.7 Å². The van der Waals surface area contributed by atoms with E-state index < -0.39 is 0 Å². The van der Waals surface area contributed by atoms with Crippen LogP contribution in [0.1, 0.15) is 28.9 Å². The van der Waals surface area contributed by atoms with Crippen LogP contribution in [-0.2, 0) is 6.54 Å². The minimum absolute atomic E-state index is 0.0888. The predicted octanol–water partition coefficient (Wildman–Crippen LogP) is 2.28. The Hall–Kier alpha value is -1.99. The van der Waals surface area contributed by atoms with Gasteiger partial charge in [0.25, 0.3) is 5.91 Å². The number of nitrogens with zero attached hydrogens (tertiary/aromatic N) is 4. The van der Waals surface area contributed by atoms with E-state index in [1.54, 1.807) is 36.8 Å². The molecule has 0 aromatic carbocycles. The Morgan fingerprint density at radius 1 is 1.32 bits per heavy atom. The van der Waals surface area contributed by atoms with Gasteiger partial charge in [-0.3, -0.25) is 9.69 Å². The van der Waals surface area contributed by atoms with Gasteiger partial charge in [-0.25, -0.2) is 9.97 Å². The maximum absolute atomic E-state index is 13.0.